The van der Waals surface area contributed by atoms with Crippen LogP contribution in [0.4, 0.5) is 0 Å². The van der Waals surface area contributed by atoms with Crippen molar-refractivity contribution in [1.82, 2.24) is 0 Å². The van der Waals surface area contributed by atoms with E-state index in [0.717, 1.165) is 7.11 Å². The van der Waals surface area contributed by atoms with Crippen LogP contribution in [0.25, 0.3) is 0 Å². The van der Waals surface area contributed by atoms with Gasteiger partial charge >= 0.3 is 7.82 Å². The minimum absolute atomic E-state index is 0.00534. The van der Waals surface area contributed by atoms with E-state index in [9.17, 15) is 4.57 Å². The van der Waals surface area contributed by atoms with Crippen LogP contribution in [0.3, 0.4) is 0 Å². The first kappa shape index (κ1) is 8.59. The first-order valence-corrected chi connectivity index (χ1v) is 4.33. The van der Waals surface area contributed by atoms with Crippen molar-refractivity contribution in [3.8, 4) is 0 Å². The van der Waals surface area contributed by atoms with E-state index >= 15 is 0 Å². The summed E-state index contributed by atoms with van der Waals surface area (Å²) < 4.78 is 18.5. The average Bonchev–Trinajstić information content (AvgIpc) is 1.67. The second-order valence-electron chi connectivity index (χ2n) is 0.889. The molecule has 0 aromatic heterocycles. The van der Waals surface area contributed by atoms with E-state index in [0.29, 0.717) is 0 Å². The molecule has 0 aliphatic rings. The molecule has 0 aromatic rings. The number of phosphoric ester groups is 1. The van der Waals surface area contributed by atoms with Crippen LogP contribution >= 0.6 is 23.8 Å². The standard InChI is InChI=1S/C2H6BrO4P/c1-6-8(4,5)7-2-3/h2H2,1H3,(H,4,5). The number of halogens is 1. The maximum absolute atomic E-state index is 10.3. The lowest BCUT2D eigenvalue weighted by atomic mass is 11.8. The quantitative estimate of drug-likeness (QED) is 0.553. The summed E-state index contributed by atoms with van der Waals surface area (Å²) in [5.41, 5.74) is -0.00534. The van der Waals surface area contributed by atoms with Gasteiger partial charge < -0.3 is 4.89 Å². The molecule has 1 atom stereocenters. The lowest BCUT2D eigenvalue weighted by Gasteiger charge is -2.04. The second-order valence-corrected chi connectivity index (χ2v) is 2.91. The minimum Gasteiger partial charge on any atom is -0.302 e. The zero-order valence-corrected chi connectivity index (χ0v) is 6.68. The van der Waals surface area contributed by atoms with Crippen LogP contribution in [0.1, 0.15) is 0 Å². The lowest BCUT2D eigenvalue weighted by Crippen LogP contribution is -1.87. The van der Waals surface area contributed by atoms with Gasteiger partial charge in [0.1, 0.15) is 5.52 Å². The van der Waals surface area contributed by atoms with E-state index in [1.807, 2.05) is 0 Å². The third kappa shape index (κ3) is 3.57. The van der Waals surface area contributed by atoms with E-state index in [-0.39, 0.29) is 5.52 Å². The summed E-state index contributed by atoms with van der Waals surface area (Å²) in [7, 11) is -2.62. The summed E-state index contributed by atoms with van der Waals surface area (Å²) in [6.07, 6.45) is 0. The van der Waals surface area contributed by atoms with Gasteiger partial charge in [0, 0.05) is 7.11 Å². The fourth-order valence-electron chi connectivity index (χ4n) is 0.114. The Balaban J connectivity index is 3.55. The average molecular weight is 205 g/mol. The van der Waals surface area contributed by atoms with E-state index in [4.69, 9.17) is 4.89 Å². The molecule has 0 saturated carbocycles. The molecule has 0 saturated heterocycles. The predicted molar refractivity (Wildman–Crippen MR) is 31.7 cm³/mol. The minimum atomic E-state index is -3.72. The van der Waals surface area contributed by atoms with Gasteiger partial charge in [-0.15, -0.1) is 0 Å². The van der Waals surface area contributed by atoms with Crippen LogP contribution in [0, 0.1) is 0 Å². The van der Waals surface area contributed by atoms with E-state index in [1.165, 1.54) is 0 Å². The topological polar surface area (TPSA) is 55.8 Å². The van der Waals surface area contributed by atoms with Crippen molar-refractivity contribution in [2.75, 3.05) is 12.6 Å². The molecule has 4 nitrogen and oxygen atoms in total. The molecule has 0 fully saturated rings. The number of hydrogen-bond donors (Lipinski definition) is 1. The maximum atomic E-state index is 10.3. The molecule has 0 aliphatic heterocycles. The van der Waals surface area contributed by atoms with Crippen LogP contribution in [0.2, 0.25) is 0 Å². The highest BCUT2D eigenvalue weighted by Crippen LogP contribution is 2.41. The van der Waals surface area contributed by atoms with E-state index in [1.54, 1.807) is 0 Å². The summed E-state index contributed by atoms with van der Waals surface area (Å²) in [5, 5.41) is 0. The van der Waals surface area contributed by atoms with E-state index in [2.05, 4.69) is 25.0 Å². The molecule has 1 unspecified atom stereocenters. The van der Waals surface area contributed by atoms with Gasteiger partial charge in [-0.2, -0.15) is 0 Å². The number of rotatable bonds is 3. The number of phosphoric acid groups is 1. The Morgan fingerprint density at radius 2 is 2.38 bits per heavy atom. The number of hydrogen-bond acceptors (Lipinski definition) is 3. The molecule has 1 N–H and O–H groups in total. The van der Waals surface area contributed by atoms with Crippen LogP contribution in [-0.2, 0) is 13.6 Å². The summed E-state index contributed by atoms with van der Waals surface area (Å²) >= 11 is 2.79. The normalized spacial score (nSPS) is 17.9. The molecular weight excluding hydrogens is 199 g/mol. The fraction of sp³-hybridized carbons (Fsp3) is 1.00. The van der Waals surface area contributed by atoms with Gasteiger partial charge in [0.2, 0.25) is 0 Å². The summed E-state index contributed by atoms with van der Waals surface area (Å²) in [6, 6.07) is 0. The molecule has 0 radical (unpaired) electrons. The van der Waals surface area contributed by atoms with Crippen molar-refractivity contribution in [2.24, 2.45) is 0 Å². The Kier molecular flexibility index (Phi) is 3.85. The summed E-state index contributed by atoms with van der Waals surface area (Å²) in [4.78, 5) is 8.40. The molecule has 6 heteroatoms. The van der Waals surface area contributed by atoms with Gasteiger partial charge in [0.05, 0.1) is 0 Å². The largest absolute Gasteiger partial charge is 0.472 e. The Morgan fingerprint density at radius 3 is 2.50 bits per heavy atom. The number of alkyl halides is 1. The van der Waals surface area contributed by atoms with Crippen LogP contribution in [-0.4, -0.2) is 17.5 Å². The Hall–Kier alpha value is 0.590. The van der Waals surface area contributed by atoms with Crippen molar-refractivity contribution in [2.45, 2.75) is 0 Å². The molecule has 0 amide bonds. The Bertz CT molecular complexity index is 104. The molecular formula is C2H6BrO4P. The van der Waals surface area contributed by atoms with Crippen molar-refractivity contribution < 1.29 is 18.5 Å². The third-order valence-electron chi connectivity index (χ3n) is 0.443. The first-order chi connectivity index (χ1) is 3.62. The molecule has 0 rings (SSSR count). The second kappa shape index (κ2) is 3.58. The van der Waals surface area contributed by atoms with Gasteiger partial charge in [0.15, 0.2) is 0 Å². The van der Waals surface area contributed by atoms with Gasteiger partial charge in [-0.3, -0.25) is 9.05 Å². The molecule has 0 spiro atoms. The maximum Gasteiger partial charge on any atom is 0.472 e. The highest BCUT2D eigenvalue weighted by atomic mass is 79.9. The van der Waals surface area contributed by atoms with Crippen LogP contribution in [0.5, 0.6) is 0 Å². The Labute approximate surface area is 55.5 Å². The third-order valence-corrected chi connectivity index (χ3v) is 1.94. The zero-order chi connectivity index (χ0) is 6.62. The molecule has 8 heavy (non-hydrogen) atoms. The summed E-state index contributed by atoms with van der Waals surface area (Å²) in [6.45, 7) is 0. The smallest absolute Gasteiger partial charge is 0.302 e. The Morgan fingerprint density at radius 1 is 1.88 bits per heavy atom. The predicted octanol–water partition coefficient (Wildman–Crippen LogP) is 1.10. The monoisotopic (exact) mass is 204 g/mol. The molecule has 0 heterocycles. The molecule has 0 aliphatic carbocycles. The highest BCUT2D eigenvalue weighted by molar-refractivity contribution is 9.09. The van der Waals surface area contributed by atoms with Crippen molar-refractivity contribution in [3.63, 3.8) is 0 Å². The van der Waals surface area contributed by atoms with Crippen molar-refractivity contribution in [3.05, 3.63) is 0 Å². The first-order valence-electron chi connectivity index (χ1n) is 1.71. The zero-order valence-electron chi connectivity index (χ0n) is 4.20. The molecule has 0 bridgehead atoms. The van der Waals surface area contributed by atoms with Gasteiger partial charge in [-0.05, 0) is 0 Å². The van der Waals surface area contributed by atoms with Crippen LogP contribution < -0.4 is 0 Å². The molecule has 0 aromatic carbocycles. The van der Waals surface area contributed by atoms with Gasteiger partial charge in [-0.1, -0.05) is 15.9 Å². The van der Waals surface area contributed by atoms with Crippen molar-refractivity contribution >= 4 is 23.8 Å². The lowest BCUT2D eigenvalue weighted by molar-refractivity contribution is 0.199. The highest BCUT2D eigenvalue weighted by Gasteiger charge is 2.16. The van der Waals surface area contributed by atoms with Gasteiger partial charge in [-0.25, -0.2) is 4.57 Å². The molecule has 50 valence electrons. The SMILES string of the molecule is COP(=O)(O)OCBr. The van der Waals surface area contributed by atoms with Crippen molar-refractivity contribution in [1.29, 1.82) is 0 Å². The summed E-state index contributed by atoms with van der Waals surface area (Å²) in [5.74, 6) is 0. The van der Waals surface area contributed by atoms with Gasteiger partial charge in [0.25, 0.3) is 0 Å². The van der Waals surface area contributed by atoms with E-state index < -0.39 is 7.82 Å². The fourth-order valence-corrected chi connectivity index (χ4v) is 1.12. The van der Waals surface area contributed by atoms with Crippen LogP contribution in [0.15, 0.2) is 0 Å².